The molecule has 0 aliphatic carbocycles. The van der Waals surface area contributed by atoms with Crippen molar-refractivity contribution < 1.29 is 13.2 Å². The maximum absolute atomic E-state index is 12.7. The summed E-state index contributed by atoms with van der Waals surface area (Å²) in [5.41, 5.74) is 6.49. The molecule has 1 unspecified atom stereocenters. The van der Waals surface area contributed by atoms with Gasteiger partial charge in [-0.25, -0.2) is 8.42 Å². The van der Waals surface area contributed by atoms with Crippen LogP contribution in [-0.2, 0) is 21.2 Å². The minimum Gasteiger partial charge on any atom is -0.356 e. The average Bonchev–Trinajstić information content (AvgIpc) is 2.94. The molecule has 0 radical (unpaired) electrons. The first kappa shape index (κ1) is 23.9. The van der Waals surface area contributed by atoms with Gasteiger partial charge < -0.3 is 11.1 Å². The van der Waals surface area contributed by atoms with E-state index in [0.717, 1.165) is 31.2 Å². The number of sulfonamides is 1. The molecule has 1 aromatic rings. The molecule has 2 rings (SSSR count). The van der Waals surface area contributed by atoms with Crippen LogP contribution in [0.3, 0.4) is 0 Å². The van der Waals surface area contributed by atoms with E-state index in [9.17, 15) is 13.2 Å². The highest BCUT2D eigenvalue weighted by molar-refractivity contribution is 7.89. The summed E-state index contributed by atoms with van der Waals surface area (Å²) in [5, 5.41) is 2.87. The van der Waals surface area contributed by atoms with E-state index in [1.54, 1.807) is 28.6 Å². The largest absolute Gasteiger partial charge is 0.356 e. The van der Waals surface area contributed by atoms with Crippen LogP contribution in [0.1, 0.15) is 44.6 Å². The Morgan fingerprint density at radius 2 is 1.74 bits per heavy atom. The summed E-state index contributed by atoms with van der Waals surface area (Å²) in [6, 6.07) is 6.93. The Kier molecular flexibility index (Phi) is 10.3. The van der Waals surface area contributed by atoms with Crippen molar-refractivity contribution in [3.8, 4) is 0 Å². The standard InChI is InChI=1S/C19H31N3O3S.ClH/c1-16(14-20)15-21-19(23)11-8-17-6-9-18(10-7-17)26(24,25)22-12-4-2-3-5-13-22;/h6-7,9-10,16H,2-5,8,11-15,20H2,1H3,(H,21,23);1H. The van der Waals surface area contributed by atoms with Crippen LogP contribution >= 0.6 is 12.4 Å². The van der Waals surface area contributed by atoms with Gasteiger partial charge in [0.25, 0.3) is 0 Å². The number of nitrogens with one attached hydrogen (secondary N) is 1. The lowest BCUT2D eigenvalue weighted by Gasteiger charge is -2.20. The quantitative estimate of drug-likeness (QED) is 0.678. The van der Waals surface area contributed by atoms with Gasteiger partial charge in [-0.15, -0.1) is 12.4 Å². The van der Waals surface area contributed by atoms with Gasteiger partial charge in [0.15, 0.2) is 0 Å². The first-order valence-electron chi connectivity index (χ1n) is 9.49. The highest BCUT2D eigenvalue weighted by Gasteiger charge is 2.24. The number of nitrogens with two attached hydrogens (primary N) is 1. The zero-order valence-corrected chi connectivity index (χ0v) is 17.7. The first-order valence-corrected chi connectivity index (χ1v) is 10.9. The highest BCUT2D eigenvalue weighted by atomic mass is 35.5. The first-order chi connectivity index (χ1) is 12.4. The monoisotopic (exact) mass is 417 g/mol. The second kappa shape index (κ2) is 11.6. The molecule has 0 spiro atoms. The number of benzene rings is 1. The topological polar surface area (TPSA) is 92.5 Å². The minimum atomic E-state index is -3.41. The molecule has 1 heterocycles. The van der Waals surface area contributed by atoms with Gasteiger partial charge in [-0.1, -0.05) is 31.9 Å². The molecule has 1 atom stereocenters. The van der Waals surface area contributed by atoms with Crippen molar-refractivity contribution in [1.29, 1.82) is 0 Å². The van der Waals surface area contributed by atoms with Crippen molar-refractivity contribution in [2.75, 3.05) is 26.2 Å². The van der Waals surface area contributed by atoms with Gasteiger partial charge in [0.05, 0.1) is 4.90 Å². The maximum Gasteiger partial charge on any atom is 0.243 e. The number of carbonyl (C=O) groups excluding carboxylic acids is 1. The number of rotatable bonds is 8. The highest BCUT2D eigenvalue weighted by Crippen LogP contribution is 2.21. The molecule has 1 aromatic carbocycles. The summed E-state index contributed by atoms with van der Waals surface area (Å²) < 4.78 is 27.1. The summed E-state index contributed by atoms with van der Waals surface area (Å²) in [6.45, 7) is 4.33. The Bertz CT molecular complexity index is 672. The second-order valence-corrected chi connectivity index (χ2v) is 9.05. The molecule has 1 saturated heterocycles. The number of nitrogens with zero attached hydrogens (tertiary/aromatic N) is 1. The molecular weight excluding hydrogens is 386 g/mol. The van der Waals surface area contributed by atoms with Gasteiger partial charge in [-0.3, -0.25) is 4.79 Å². The van der Waals surface area contributed by atoms with Gasteiger partial charge in [0.1, 0.15) is 0 Å². The van der Waals surface area contributed by atoms with Crippen molar-refractivity contribution in [2.24, 2.45) is 11.7 Å². The Hall–Kier alpha value is -1.15. The molecule has 1 fully saturated rings. The zero-order chi connectivity index (χ0) is 19.0. The van der Waals surface area contributed by atoms with Crippen molar-refractivity contribution in [3.63, 3.8) is 0 Å². The van der Waals surface area contributed by atoms with E-state index in [0.29, 0.717) is 43.9 Å². The maximum atomic E-state index is 12.7. The zero-order valence-electron chi connectivity index (χ0n) is 16.0. The van der Waals surface area contributed by atoms with E-state index in [4.69, 9.17) is 5.73 Å². The molecule has 0 bridgehead atoms. The molecular formula is C19H32ClN3O3S. The predicted molar refractivity (Wildman–Crippen MR) is 110 cm³/mol. The summed E-state index contributed by atoms with van der Waals surface area (Å²) >= 11 is 0. The van der Waals surface area contributed by atoms with Crippen LogP contribution in [0.4, 0.5) is 0 Å². The van der Waals surface area contributed by atoms with Gasteiger partial charge in [-0.2, -0.15) is 4.31 Å². The number of hydrogen-bond donors (Lipinski definition) is 2. The third-order valence-electron chi connectivity index (χ3n) is 4.82. The van der Waals surface area contributed by atoms with Crippen LogP contribution < -0.4 is 11.1 Å². The second-order valence-electron chi connectivity index (χ2n) is 7.11. The SMILES string of the molecule is CC(CN)CNC(=O)CCc1ccc(S(=O)(=O)N2CCCCCC2)cc1.Cl. The van der Waals surface area contributed by atoms with Gasteiger partial charge in [0.2, 0.25) is 15.9 Å². The summed E-state index contributed by atoms with van der Waals surface area (Å²) in [7, 11) is -3.41. The molecule has 3 N–H and O–H groups in total. The van der Waals surface area contributed by atoms with E-state index in [-0.39, 0.29) is 24.2 Å². The Balaban J connectivity index is 0.00000364. The van der Waals surface area contributed by atoms with Crippen LogP contribution in [0.15, 0.2) is 29.2 Å². The summed E-state index contributed by atoms with van der Waals surface area (Å²) in [4.78, 5) is 12.2. The molecule has 154 valence electrons. The Morgan fingerprint density at radius 1 is 1.15 bits per heavy atom. The average molecular weight is 418 g/mol. The fraction of sp³-hybridized carbons (Fsp3) is 0.632. The molecule has 1 amide bonds. The number of halogens is 1. The van der Waals surface area contributed by atoms with E-state index < -0.39 is 10.0 Å². The molecule has 8 heteroatoms. The number of aryl methyl sites for hydroxylation is 1. The van der Waals surface area contributed by atoms with Crippen LogP contribution in [-0.4, -0.2) is 44.8 Å². The number of carbonyl (C=O) groups is 1. The lowest BCUT2D eigenvalue weighted by Crippen LogP contribution is -2.32. The number of amides is 1. The molecule has 1 aliphatic rings. The number of hydrogen-bond acceptors (Lipinski definition) is 4. The van der Waals surface area contributed by atoms with E-state index >= 15 is 0 Å². The molecule has 0 saturated carbocycles. The van der Waals surface area contributed by atoms with E-state index in [1.165, 1.54) is 0 Å². The van der Waals surface area contributed by atoms with Crippen molar-refractivity contribution in [2.45, 2.75) is 50.3 Å². The van der Waals surface area contributed by atoms with E-state index in [2.05, 4.69) is 5.32 Å². The van der Waals surface area contributed by atoms with Crippen LogP contribution in [0.5, 0.6) is 0 Å². The fourth-order valence-corrected chi connectivity index (χ4v) is 4.49. The Morgan fingerprint density at radius 3 is 2.30 bits per heavy atom. The summed E-state index contributed by atoms with van der Waals surface area (Å²) in [6.07, 6.45) is 5.01. The van der Waals surface area contributed by atoms with Gasteiger partial charge in [0, 0.05) is 26.1 Å². The van der Waals surface area contributed by atoms with Crippen LogP contribution in [0.25, 0.3) is 0 Å². The van der Waals surface area contributed by atoms with Crippen LogP contribution in [0, 0.1) is 5.92 Å². The molecule has 1 aliphatic heterocycles. The lowest BCUT2D eigenvalue weighted by molar-refractivity contribution is -0.121. The predicted octanol–water partition coefficient (Wildman–Crippen LogP) is 2.32. The van der Waals surface area contributed by atoms with Crippen molar-refractivity contribution in [1.82, 2.24) is 9.62 Å². The smallest absolute Gasteiger partial charge is 0.243 e. The normalized spacial score (nSPS) is 16.8. The minimum absolute atomic E-state index is 0. The fourth-order valence-electron chi connectivity index (χ4n) is 2.98. The van der Waals surface area contributed by atoms with Crippen molar-refractivity contribution in [3.05, 3.63) is 29.8 Å². The Labute approximate surface area is 169 Å². The van der Waals surface area contributed by atoms with Gasteiger partial charge >= 0.3 is 0 Å². The third kappa shape index (κ3) is 7.41. The van der Waals surface area contributed by atoms with E-state index in [1.807, 2.05) is 6.92 Å². The van der Waals surface area contributed by atoms with Crippen LogP contribution in [0.2, 0.25) is 0 Å². The summed E-state index contributed by atoms with van der Waals surface area (Å²) in [5.74, 6) is 0.258. The molecule has 6 nitrogen and oxygen atoms in total. The molecule has 27 heavy (non-hydrogen) atoms. The lowest BCUT2D eigenvalue weighted by atomic mass is 10.1. The van der Waals surface area contributed by atoms with Crippen molar-refractivity contribution >= 4 is 28.3 Å². The third-order valence-corrected chi connectivity index (χ3v) is 6.73. The van der Waals surface area contributed by atoms with Gasteiger partial charge in [-0.05, 0) is 49.4 Å². The molecule has 0 aromatic heterocycles.